The van der Waals surface area contributed by atoms with Gasteiger partial charge in [-0.3, -0.25) is 0 Å². The summed E-state index contributed by atoms with van der Waals surface area (Å²) in [6, 6.07) is 10.4. The van der Waals surface area contributed by atoms with E-state index in [1.165, 1.54) is 0 Å². The zero-order valence-electron chi connectivity index (χ0n) is 9.75. The largest absolute Gasteiger partial charge is 0.307 e. The molecule has 0 aromatic heterocycles. The van der Waals surface area contributed by atoms with Crippen LogP contribution in [0.2, 0.25) is 0 Å². The zero-order valence-corrected chi connectivity index (χ0v) is 9.75. The quantitative estimate of drug-likeness (QED) is 0.741. The molecular formula is C14H19N. The van der Waals surface area contributed by atoms with Gasteiger partial charge < -0.3 is 5.32 Å². The van der Waals surface area contributed by atoms with Crippen LogP contribution in [0.5, 0.6) is 0 Å². The third-order valence-corrected chi connectivity index (χ3v) is 2.22. The number of rotatable bonds is 3. The van der Waals surface area contributed by atoms with Gasteiger partial charge in [0.15, 0.2) is 0 Å². The molecule has 1 heteroatoms. The van der Waals surface area contributed by atoms with Gasteiger partial charge in [-0.25, -0.2) is 0 Å². The Bertz CT molecular complexity index is 329. The van der Waals surface area contributed by atoms with Crippen LogP contribution >= 0.6 is 0 Å². The Kier molecular flexibility index (Phi) is 4.93. The molecule has 0 fully saturated rings. The zero-order chi connectivity index (χ0) is 11.1. The van der Waals surface area contributed by atoms with Crippen LogP contribution in [0.4, 0.5) is 0 Å². The van der Waals surface area contributed by atoms with Crippen molar-refractivity contribution in [3.8, 4) is 11.8 Å². The summed E-state index contributed by atoms with van der Waals surface area (Å²) in [5.41, 5.74) is 1.08. The topological polar surface area (TPSA) is 12.0 Å². The van der Waals surface area contributed by atoms with Crippen LogP contribution in [0.1, 0.15) is 25.8 Å². The molecule has 0 radical (unpaired) electrons. The van der Waals surface area contributed by atoms with Crippen LogP contribution in [0.3, 0.4) is 0 Å². The maximum Gasteiger partial charge on any atom is 0.0693 e. The Morgan fingerprint density at radius 3 is 2.40 bits per heavy atom. The Labute approximate surface area is 92.9 Å². The van der Waals surface area contributed by atoms with Crippen molar-refractivity contribution in [1.29, 1.82) is 0 Å². The minimum Gasteiger partial charge on any atom is -0.307 e. The SMILES string of the molecule is CNC(C#Cc1ccccc1)CC(C)C. The molecule has 1 nitrogen and oxygen atoms in total. The van der Waals surface area contributed by atoms with Crippen LogP contribution in [-0.4, -0.2) is 13.1 Å². The van der Waals surface area contributed by atoms with E-state index in [-0.39, 0.29) is 0 Å². The van der Waals surface area contributed by atoms with Crippen molar-refractivity contribution < 1.29 is 0 Å². The second kappa shape index (κ2) is 6.27. The predicted molar refractivity (Wildman–Crippen MR) is 65.6 cm³/mol. The molecule has 0 aliphatic carbocycles. The van der Waals surface area contributed by atoms with Crippen molar-refractivity contribution in [2.45, 2.75) is 26.3 Å². The average Bonchev–Trinajstić information content (AvgIpc) is 2.25. The van der Waals surface area contributed by atoms with Gasteiger partial charge in [0.2, 0.25) is 0 Å². The lowest BCUT2D eigenvalue weighted by atomic mass is 10.0. The third-order valence-electron chi connectivity index (χ3n) is 2.22. The van der Waals surface area contributed by atoms with Gasteiger partial charge in [0.1, 0.15) is 0 Å². The minimum absolute atomic E-state index is 0.296. The molecule has 0 bridgehead atoms. The molecule has 0 heterocycles. The van der Waals surface area contributed by atoms with Gasteiger partial charge in [0, 0.05) is 5.56 Å². The van der Waals surface area contributed by atoms with Gasteiger partial charge in [-0.15, -0.1) is 0 Å². The van der Waals surface area contributed by atoms with Crippen molar-refractivity contribution in [3.05, 3.63) is 35.9 Å². The maximum atomic E-state index is 3.26. The summed E-state index contributed by atoms with van der Waals surface area (Å²) in [6.45, 7) is 4.43. The highest BCUT2D eigenvalue weighted by Gasteiger charge is 2.03. The van der Waals surface area contributed by atoms with Gasteiger partial charge in [-0.2, -0.15) is 0 Å². The standard InChI is InChI=1S/C14H19N/c1-12(2)11-14(15-3)10-9-13-7-5-4-6-8-13/h4-8,12,14-15H,11H2,1-3H3. The van der Waals surface area contributed by atoms with E-state index in [4.69, 9.17) is 0 Å². The lowest BCUT2D eigenvalue weighted by molar-refractivity contribution is 0.509. The maximum absolute atomic E-state index is 3.26. The summed E-state index contributed by atoms with van der Waals surface area (Å²) in [5.74, 6) is 7.12. The molecule has 1 unspecified atom stereocenters. The molecule has 0 amide bonds. The first-order valence-electron chi connectivity index (χ1n) is 5.46. The molecule has 0 spiro atoms. The van der Waals surface area contributed by atoms with Gasteiger partial charge >= 0.3 is 0 Å². The first-order chi connectivity index (χ1) is 7.22. The first kappa shape index (κ1) is 11.8. The number of hydrogen-bond acceptors (Lipinski definition) is 1. The fraction of sp³-hybridized carbons (Fsp3) is 0.429. The minimum atomic E-state index is 0.296. The van der Waals surface area contributed by atoms with Crippen LogP contribution in [0, 0.1) is 17.8 Å². The summed E-state index contributed by atoms with van der Waals surface area (Å²) in [5, 5.41) is 3.23. The van der Waals surface area contributed by atoms with Gasteiger partial charge in [0.05, 0.1) is 6.04 Å². The van der Waals surface area contributed by atoms with E-state index in [2.05, 4.69) is 31.0 Å². The Balaban J connectivity index is 2.62. The van der Waals surface area contributed by atoms with E-state index in [9.17, 15) is 0 Å². The molecule has 0 aliphatic heterocycles. The lowest BCUT2D eigenvalue weighted by Gasteiger charge is -2.11. The Hall–Kier alpha value is -1.26. The van der Waals surface area contributed by atoms with Crippen LogP contribution in [-0.2, 0) is 0 Å². The van der Waals surface area contributed by atoms with Crippen molar-refractivity contribution in [2.24, 2.45) is 5.92 Å². The lowest BCUT2D eigenvalue weighted by Crippen LogP contribution is -2.24. The van der Waals surface area contributed by atoms with Crippen molar-refractivity contribution >= 4 is 0 Å². The smallest absolute Gasteiger partial charge is 0.0693 e. The highest BCUT2D eigenvalue weighted by molar-refractivity contribution is 5.34. The first-order valence-corrected chi connectivity index (χ1v) is 5.46. The van der Waals surface area contributed by atoms with Crippen molar-refractivity contribution in [2.75, 3.05) is 7.05 Å². The number of nitrogens with one attached hydrogen (secondary N) is 1. The Morgan fingerprint density at radius 2 is 1.87 bits per heavy atom. The molecule has 1 N–H and O–H groups in total. The molecule has 1 aromatic carbocycles. The summed E-state index contributed by atoms with van der Waals surface area (Å²) in [6.07, 6.45) is 1.09. The summed E-state index contributed by atoms with van der Waals surface area (Å²) in [7, 11) is 1.96. The fourth-order valence-electron chi connectivity index (χ4n) is 1.41. The average molecular weight is 201 g/mol. The van der Waals surface area contributed by atoms with Gasteiger partial charge in [0.25, 0.3) is 0 Å². The third kappa shape index (κ3) is 4.67. The molecule has 15 heavy (non-hydrogen) atoms. The molecule has 1 atom stereocenters. The fourth-order valence-corrected chi connectivity index (χ4v) is 1.41. The second-order valence-electron chi connectivity index (χ2n) is 4.11. The number of benzene rings is 1. The normalized spacial score (nSPS) is 12.0. The highest BCUT2D eigenvalue weighted by Crippen LogP contribution is 2.03. The Morgan fingerprint density at radius 1 is 1.20 bits per heavy atom. The summed E-state index contributed by atoms with van der Waals surface area (Å²) < 4.78 is 0. The summed E-state index contributed by atoms with van der Waals surface area (Å²) in [4.78, 5) is 0. The van der Waals surface area contributed by atoms with Crippen molar-refractivity contribution in [3.63, 3.8) is 0 Å². The number of hydrogen-bond donors (Lipinski definition) is 1. The molecule has 0 saturated heterocycles. The monoisotopic (exact) mass is 201 g/mol. The van der Waals surface area contributed by atoms with Crippen LogP contribution < -0.4 is 5.32 Å². The molecule has 0 saturated carbocycles. The molecule has 1 rings (SSSR count). The predicted octanol–water partition coefficient (Wildman–Crippen LogP) is 2.67. The van der Waals surface area contributed by atoms with Crippen molar-refractivity contribution in [1.82, 2.24) is 5.32 Å². The van der Waals surface area contributed by atoms with Crippen LogP contribution in [0.25, 0.3) is 0 Å². The molecule has 80 valence electrons. The van der Waals surface area contributed by atoms with E-state index in [1.54, 1.807) is 0 Å². The molecule has 0 aliphatic rings. The van der Waals surface area contributed by atoms with E-state index in [1.807, 2.05) is 37.4 Å². The van der Waals surface area contributed by atoms with E-state index in [0.29, 0.717) is 12.0 Å². The van der Waals surface area contributed by atoms with E-state index < -0.39 is 0 Å². The summed E-state index contributed by atoms with van der Waals surface area (Å²) >= 11 is 0. The van der Waals surface area contributed by atoms with Crippen LogP contribution in [0.15, 0.2) is 30.3 Å². The van der Waals surface area contributed by atoms with Gasteiger partial charge in [-0.05, 0) is 31.5 Å². The second-order valence-corrected chi connectivity index (χ2v) is 4.11. The van der Waals surface area contributed by atoms with E-state index >= 15 is 0 Å². The van der Waals surface area contributed by atoms with Gasteiger partial charge in [-0.1, -0.05) is 43.9 Å². The molecule has 1 aromatic rings. The van der Waals surface area contributed by atoms with E-state index in [0.717, 1.165) is 12.0 Å². The highest BCUT2D eigenvalue weighted by atomic mass is 14.9. The molecular weight excluding hydrogens is 182 g/mol.